The first-order chi connectivity index (χ1) is 17.3. The summed E-state index contributed by atoms with van der Waals surface area (Å²) in [4.78, 5) is 32.7. The molecule has 3 aromatic heterocycles. The summed E-state index contributed by atoms with van der Waals surface area (Å²) in [6, 6.07) is 7.69. The van der Waals surface area contributed by atoms with Crippen LogP contribution in [0.3, 0.4) is 0 Å². The maximum atomic E-state index is 13.3. The number of carbonyl (C=O) groups is 1. The number of carbonyl (C=O) groups excluding carboxylic acids is 1. The van der Waals surface area contributed by atoms with Crippen LogP contribution in [0.4, 0.5) is 5.82 Å². The van der Waals surface area contributed by atoms with Crippen LogP contribution in [-0.4, -0.2) is 47.9 Å². The molecule has 8 heteroatoms. The van der Waals surface area contributed by atoms with Crippen molar-refractivity contribution in [3.63, 3.8) is 0 Å². The molecule has 1 amide bonds. The summed E-state index contributed by atoms with van der Waals surface area (Å²) < 4.78 is 1.96. The Morgan fingerprint density at radius 1 is 1.22 bits per heavy atom. The minimum atomic E-state index is 0.0159. The minimum absolute atomic E-state index is 0.0159. The molecule has 8 nitrogen and oxygen atoms in total. The van der Waals surface area contributed by atoms with E-state index < -0.39 is 0 Å². The number of nitrogens with two attached hydrogens (primary N) is 1. The highest BCUT2D eigenvalue weighted by molar-refractivity contribution is 6.08. The molecular formula is C28H27N7O. The van der Waals surface area contributed by atoms with Crippen LogP contribution in [0.5, 0.6) is 0 Å². The Labute approximate surface area is 209 Å². The third-order valence-corrected chi connectivity index (χ3v) is 6.86. The molecule has 0 radical (unpaired) electrons. The first-order valence-corrected chi connectivity index (χ1v) is 11.8. The second-order valence-electron chi connectivity index (χ2n) is 9.16. The highest BCUT2D eigenvalue weighted by Gasteiger charge is 2.30. The normalized spacial score (nSPS) is 15.3. The first-order valence-electron chi connectivity index (χ1n) is 11.8. The van der Waals surface area contributed by atoms with Crippen molar-refractivity contribution in [2.45, 2.75) is 32.7 Å². The van der Waals surface area contributed by atoms with E-state index in [0.29, 0.717) is 22.9 Å². The van der Waals surface area contributed by atoms with E-state index >= 15 is 0 Å². The third kappa shape index (κ3) is 3.69. The van der Waals surface area contributed by atoms with Gasteiger partial charge in [0.2, 0.25) is 5.82 Å². The molecule has 2 N–H and O–H groups in total. The van der Waals surface area contributed by atoms with E-state index in [-0.39, 0.29) is 11.9 Å². The summed E-state index contributed by atoms with van der Waals surface area (Å²) in [5.41, 5.74) is 12.8. The van der Waals surface area contributed by atoms with Gasteiger partial charge in [0, 0.05) is 36.5 Å². The molecule has 1 aliphatic rings. The Balaban J connectivity index is 1.65. The van der Waals surface area contributed by atoms with Crippen molar-refractivity contribution in [3.8, 4) is 34.7 Å². The molecule has 0 bridgehead atoms. The fourth-order valence-electron chi connectivity index (χ4n) is 5.11. The van der Waals surface area contributed by atoms with E-state index in [4.69, 9.17) is 12.2 Å². The number of rotatable bonds is 4. The number of hydrogen-bond acceptors (Lipinski definition) is 6. The van der Waals surface area contributed by atoms with Crippen molar-refractivity contribution in [3.05, 3.63) is 66.0 Å². The van der Waals surface area contributed by atoms with Crippen LogP contribution in [0.25, 0.3) is 33.4 Å². The van der Waals surface area contributed by atoms with E-state index in [2.05, 4.69) is 32.4 Å². The number of terminal acetylenes is 1. The molecule has 1 atom stereocenters. The SMILES string of the molecule is C#Cc1ncc(-c2c(-c3ccc(C(=O)N4CCC[C@H]4C(=C)C)cc3)c3c(N)ncnc3n2C)c(C)n1. The number of aromatic nitrogens is 5. The number of aryl methyl sites for hydroxylation is 2. The number of fused-ring (bicyclic) bond motifs is 1. The molecule has 1 aromatic carbocycles. The summed E-state index contributed by atoms with van der Waals surface area (Å²) in [6.07, 6.45) is 10.6. The van der Waals surface area contributed by atoms with Gasteiger partial charge in [-0.3, -0.25) is 4.79 Å². The molecule has 0 unspecified atom stereocenters. The van der Waals surface area contributed by atoms with Crippen molar-refractivity contribution >= 4 is 22.8 Å². The van der Waals surface area contributed by atoms with Crippen molar-refractivity contribution in [1.82, 2.24) is 29.4 Å². The Hall–Kier alpha value is -4.51. The lowest BCUT2D eigenvalue weighted by Gasteiger charge is -2.25. The number of likely N-dealkylation sites (tertiary alicyclic amines) is 1. The van der Waals surface area contributed by atoms with Gasteiger partial charge < -0.3 is 15.2 Å². The van der Waals surface area contributed by atoms with E-state index in [1.807, 2.05) is 54.6 Å². The van der Waals surface area contributed by atoms with Gasteiger partial charge in [-0.15, -0.1) is 6.42 Å². The van der Waals surface area contributed by atoms with Crippen LogP contribution in [0, 0.1) is 19.3 Å². The van der Waals surface area contributed by atoms with Crippen molar-refractivity contribution in [2.75, 3.05) is 12.3 Å². The van der Waals surface area contributed by atoms with Gasteiger partial charge in [0.1, 0.15) is 17.8 Å². The van der Waals surface area contributed by atoms with Gasteiger partial charge >= 0.3 is 0 Å². The second kappa shape index (κ2) is 8.93. The zero-order chi connectivity index (χ0) is 25.6. The summed E-state index contributed by atoms with van der Waals surface area (Å²) in [7, 11) is 1.92. The van der Waals surface area contributed by atoms with E-state index in [1.165, 1.54) is 6.33 Å². The molecule has 1 saturated heterocycles. The minimum Gasteiger partial charge on any atom is -0.383 e. The molecule has 0 aliphatic carbocycles. The number of hydrogen-bond donors (Lipinski definition) is 1. The van der Waals surface area contributed by atoms with Crippen LogP contribution in [0.2, 0.25) is 0 Å². The monoisotopic (exact) mass is 477 g/mol. The van der Waals surface area contributed by atoms with Crippen molar-refractivity contribution in [2.24, 2.45) is 7.05 Å². The summed E-state index contributed by atoms with van der Waals surface area (Å²) in [5, 5.41) is 0.733. The van der Waals surface area contributed by atoms with Gasteiger partial charge in [-0.2, -0.15) is 0 Å². The molecule has 0 spiro atoms. The molecule has 4 heterocycles. The average molecular weight is 478 g/mol. The molecule has 0 saturated carbocycles. The predicted molar refractivity (Wildman–Crippen MR) is 141 cm³/mol. The largest absolute Gasteiger partial charge is 0.383 e. The van der Waals surface area contributed by atoms with Crippen molar-refractivity contribution < 1.29 is 4.79 Å². The number of benzene rings is 1. The van der Waals surface area contributed by atoms with E-state index in [0.717, 1.165) is 58.4 Å². The van der Waals surface area contributed by atoms with Crippen LogP contribution in [-0.2, 0) is 7.05 Å². The van der Waals surface area contributed by atoms with Crippen LogP contribution in [0.1, 0.15) is 41.6 Å². The van der Waals surface area contributed by atoms with E-state index in [9.17, 15) is 4.79 Å². The van der Waals surface area contributed by atoms with Gasteiger partial charge in [0.15, 0.2) is 0 Å². The van der Waals surface area contributed by atoms with Gasteiger partial charge in [0.05, 0.1) is 22.8 Å². The fraction of sp³-hybridized carbons (Fsp3) is 0.250. The summed E-state index contributed by atoms with van der Waals surface area (Å²) >= 11 is 0. The number of nitrogen functional groups attached to an aromatic ring is 1. The molecule has 5 rings (SSSR count). The molecule has 1 fully saturated rings. The Kier molecular flexibility index (Phi) is 5.77. The highest BCUT2D eigenvalue weighted by Crippen LogP contribution is 2.42. The van der Waals surface area contributed by atoms with E-state index in [1.54, 1.807) is 6.20 Å². The number of nitrogens with zero attached hydrogens (tertiary/aromatic N) is 6. The number of anilines is 1. The Bertz CT molecular complexity index is 1560. The number of amides is 1. The maximum Gasteiger partial charge on any atom is 0.254 e. The molecule has 1 aliphatic heterocycles. The zero-order valence-corrected chi connectivity index (χ0v) is 20.6. The van der Waals surface area contributed by atoms with Crippen molar-refractivity contribution in [1.29, 1.82) is 0 Å². The standard InChI is InChI=1S/C28H27N7O/c1-6-22-30-14-20(17(4)33-22)25-23(24-26(29)31-15-32-27(24)34(25)5)18-9-11-19(12-10-18)28(36)35-13-7-8-21(35)16(2)3/h1,9-12,14-15,21H,2,7-8,13H2,3-5H3,(H2,29,31,32)/t21-/m0/s1. The average Bonchev–Trinajstić information content (AvgIpc) is 3.48. The zero-order valence-electron chi connectivity index (χ0n) is 20.6. The Morgan fingerprint density at radius 3 is 2.64 bits per heavy atom. The van der Waals surface area contributed by atoms with Gasteiger partial charge in [-0.1, -0.05) is 24.3 Å². The first kappa shape index (κ1) is 23.2. The molecular weight excluding hydrogens is 450 g/mol. The molecule has 4 aromatic rings. The lowest BCUT2D eigenvalue weighted by Crippen LogP contribution is -2.35. The summed E-state index contributed by atoms with van der Waals surface area (Å²) in [5.74, 6) is 3.20. The van der Waals surface area contributed by atoms with Crippen LogP contribution < -0.4 is 5.73 Å². The predicted octanol–water partition coefficient (Wildman–Crippen LogP) is 4.14. The third-order valence-electron chi connectivity index (χ3n) is 6.86. The Morgan fingerprint density at radius 2 is 1.97 bits per heavy atom. The second-order valence-corrected chi connectivity index (χ2v) is 9.16. The lowest BCUT2D eigenvalue weighted by atomic mass is 9.97. The molecule has 180 valence electrons. The fourth-order valence-corrected chi connectivity index (χ4v) is 5.11. The molecule has 36 heavy (non-hydrogen) atoms. The smallest absolute Gasteiger partial charge is 0.254 e. The topological polar surface area (TPSA) is 103 Å². The van der Waals surface area contributed by atoms with Crippen LogP contribution in [0.15, 0.2) is 48.9 Å². The lowest BCUT2D eigenvalue weighted by molar-refractivity contribution is 0.0756. The van der Waals surface area contributed by atoms with Gasteiger partial charge in [-0.05, 0) is 50.3 Å². The summed E-state index contributed by atoms with van der Waals surface area (Å²) in [6.45, 7) is 8.69. The van der Waals surface area contributed by atoms with Gasteiger partial charge in [-0.25, -0.2) is 19.9 Å². The maximum absolute atomic E-state index is 13.3. The van der Waals surface area contributed by atoms with Crippen LogP contribution >= 0.6 is 0 Å². The van der Waals surface area contributed by atoms with Gasteiger partial charge in [0.25, 0.3) is 5.91 Å². The highest BCUT2D eigenvalue weighted by atomic mass is 16.2. The quantitative estimate of drug-likeness (QED) is 0.350.